The second-order valence-corrected chi connectivity index (χ2v) is 5.46. The Morgan fingerprint density at radius 3 is 2.12 bits per heavy atom. The molecule has 0 heterocycles. The molecule has 0 aliphatic carbocycles. The third-order valence-electron chi connectivity index (χ3n) is 3.45. The van der Waals surface area contributed by atoms with Gasteiger partial charge in [0.1, 0.15) is 6.04 Å². The summed E-state index contributed by atoms with van der Waals surface area (Å²) in [4.78, 5) is 23.4. The molecular formula is C19H17F3N2O2. The number of halogens is 3. The Hall–Kier alpha value is -3.09. The van der Waals surface area contributed by atoms with E-state index >= 15 is 0 Å². The molecule has 136 valence electrons. The lowest BCUT2D eigenvalue weighted by atomic mass is 10.1. The van der Waals surface area contributed by atoms with E-state index in [0.29, 0.717) is 11.8 Å². The molecule has 0 radical (unpaired) electrons. The predicted octanol–water partition coefficient (Wildman–Crippen LogP) is 3.47. The van der Waals surface area contributed by atoms with Crippen LogP contribution in [0.15, 0.2) is 72.9 Å². The van der Waals surface area contributed by atoms with Gasteiger partial charge in [0, 0.05) is 24.4 Å². The van der Waals surface area contributed by atoms with E-state index < -0.39 is 23.9 Å². The Morgan fingerprint density at radius 2 is 1.54 bits per heavy atom. The quantitative estimate of drug-likeness (QED) is 0.742. The molecule has 0 aromatic heterocycles. The fourth-order valence-electron chi connectivity index (χ4n) is 2.16. The van der Waals surface area contributed by atoms with Crippen LogP contribution in [0.2, 0.25) is 0 Å². The van der Waals surface area contributed by atoms with Gasteiger partial charge in [-0.15, -0.1) is 0 Å². The summed E-state index contributed by atoms with van der Waals surface area (Å²) in [6, 6.07) is 16.8. The van der Waals surface area contributed by atoms with Crippen molar-refractivity contribution in [2.45, 2.75) is 18.6 Å². The smallest absolute Gasteiger partial charge is 0.379 e. The minimum Gasteiger partial charge on any atom is -0.379 e. The Kier molecular flexibility index (Phi) is 6.54. The predicted molar refractivity (Wildman–Crippen MR) is 92.3 cm³/mol. The topological polar surface area (TPSA) is 58.2 Å². The minimum atomic E-state index is -4.95. The third kappa shape index (κ3) is 6.08. The molecule has 4 nitrogen and oxygen atoms in total. The van der Waals surface area contributed by atoms with Crippen LogP contribution >= 0.6 is 0 Å². The number of benzene rings is 2. The highest BCUT2D eigenvalue weighted by Crippen LogP contribution is 2.16. The van der Waals surface area contributed by atoms with E-state index in [1.165, 1.54) is 0 Å². The second-order valence-electron chi connectivity index (χ2n) is 5.46. The fourth-order valence-corrected chi connectivity index (χ4v) is 2.16. The third-order valence-corrected chi connectivity index (χ3v) is 3.45. The van der Waals surface area contributed by atoms with E-state index in [0.717, 1.165) is 11.8 Å². The lowest BCUT2D eigenvalue weighted by Gasteiger charge is -2.17. The molecule has 2 N–H and O–H groups in total. The van der Waals surface area contributed by atoms with E-state index in [4.69, 9.17) is 0 Å². The highest BCUT2D eigenvalue weighted by Gasteiger charge is 2.36. The lowest BCUT2D eigenvalue weighted by Crippen LogP contribution is -2.39. The van der Waals surface area contributed by atoms with Crippen molar-refractivity contribution in [1.82, 2.24) is 5.32 Å². The van der Waals surface area contributed by atoms with Crippen molar-refractivity contribution in [1.29, 1.82) is 0 Å². The first-order chi connectivity index (χ1) is 12.4. The van der Waals surface area contributed by atoms with Crippen LogP contribution in [0.25, 0.3) is 0 Å². The molecule has 0 fully saturated rings. The van der Waals surface area contributed by atoms with E-state index in [2.05, 4.69) is 10.6 Å². The summed E-state index contributed by atoms with van der Waals surface area (Å²) in [7, 11) is 0. The standard InChI is InChI=1S/C19H17F3N2O2/c20-19(21,22)17(25)11-12-23-16(13-14-7-3-1-4-8-14)18(26)24-15-9-5-2-6-10-15/h1-12,16,23H,13H2,(H,24,26). The van der Waals surface area contributed by atoms with Crippen molar-refractivity contribution in [3.8, 4) is 0 Å². The summed E-state index contributed by atoms with van der Waals surface area (Å²) in [5, 5.41) is 5.27. The molecule has 0 aliphatic rings. The van der Waals surface area contributed by atoms with Gasteiger partial charge >= 0.3 is 6.18 Å². The van der Waals surface area contributed by atoms with E-state index in [1.807, 2.05) is 6.07 Å². The molecule has 0 bridgehead atoms. The van der Waals surface area contributed by atoms with Crippen LogP contribution in [0.1, 0.15) is 5.56 Å². The number of para-hydroxylation sites is 1. The van der Waals surface area contributed by atoms with E-state index in [-0.39, 0.29) is 6.42 Å². The number of hydrogen-bond acceptors (Lipinski definition) is 3. The Balaban J connectivity index is 2.09. The van der Waals surface area contributed by atoms with Gasteiger partial charge in [-0.2, -0.15) is 13.2 Å². The van der Waals surface area contributed by atoms with Gasteiger partial charge in [-0.1, -0.05) is 48.5 Å². The van der Waals surface area contributed by atoms with Crippen LogP contribution < -0.4 is 10.6 Å². The highest BCUT2D eigenvalue weighted by atomic mass is 19.4. The van der Waals surface area contributed by atoms with Crippen molar-refractivity contribution in [2.75, 3.05) is 5.32 Å². The van der Waals surface area contributed by atoms with E-state index in [9.17, 15) is 22.8 Å². The van der Waals surface area contributed by atoms with Crippen LogP contribution in [0.3, 0.4) is 0 Å². The van der Waals surface area contributed by atoms with Gasteiger partial charge in [0.25, 0.3) is 5.78 Å². The molecule has 0 spiro atoms. The van der Waals surface area contributed by atoms with Crippen LogP contribution in [0.5, 0.6) is 0 Å². The average molecular weight is 362 g/mol. The number of hydrogen-bond donors (Lipinski definition) is 2. The van der Waals surface area contributed by atoms with Crippen molar-refractivity contribution < 1.29 is 22.8 Å². The zero-order valence-electron chi connectivity index (χ0n) is 13.7. The first-order valence-corrected chi connectivity index (χ1v) is 7.80. The summed E-state index contributed by atoms with van der Waals surface area (Å²) < 4.78 is 36.8. The summed E-state index contributed by atoms with van der Waals surface area (Å²) in [5.74, 6) is -2.42. The SMILES string of the molecule is O=C(Nc1ccccc1)C(Cc1ccccc1)NC=CC(=O)C(F)(F)F. The highest BCUT2D eigenvalue weighted by molar-refractivity contribution is 5.96. The number of anilines is 1. The molecule has 0 saturated heterocycles. The summed E-state index contributed by atoms with van der Waals surface area (Å²) >= 11 is 0. The second kappa shape index (κ2) is 8.84. The van der Waals surface area contributed by atoms with Crippen molar-refractivity contribution in [3.63, 3.8) is 0 Å². The zero-order chi connectivity index (χ0) is 19.0. The Bertz CT molecular complexity index is 759. The number of alkyl halides is 3. The monoisotopic (exact) mass is 362 g/mol. The summed E-state index contributed by atoms with van der Waals surface area (Å²) in [5.41, 5.74) is 1.39. The van der Waals surface area contributed by atoms with Crippen LogP contribution in [0.4, 0.5) is 18.9 Å². The largest absolute Gasteiger partial charge is 0.454 e. The zero-order valence-corrected chi connectivity index (χ0v) is 13.7. The van der Waals surface area contributed by atoms with Crippen LogP contribution in [-0.2, 0) is 16.0 Å². The van der Waals surface area contributed by atoms with Crippen molar-refractivity contribution in [3.05, 3.63) is 78.5 Å². The molecule has 1 atom stereocenters. The number of allylic oxidation sites excluding steroid dienone is 1. The van der Waals surface area contributed by atoms with Gasteiger partial charge in [0.2, 0.25) is 5.91 Å². The number of carbonyl (C=O) groups is 2. The molecule has 0 saturated carbocycles. The Morgan fingerprint density at radius 1 is 0.962 bits per heavy atom. The number of carbonyl (C=O) groups excluding carboxylic acids is 2. The molecule has 2 aromatic carbocycles. The molecule has 1 unspecified atom stereocenters. The number of amides is 1. The maximum absolute atomic E-state index is 12.5. The average Bonchev–Trinajstić information content (AvgIpc) is 2.61. The molecule has 26 heavy (non-hydrogen) atoms. The number of rotatable bonds is 7. The normalized spacial score (nSPS) is 12.6. The first kappa shape index (κ1) is 19.2. The number of nitrogens with one attached hydrogen (secondary N) is 2. The van der Waals surface area contributed by atoms with Crippen molar-refractivity contribution in [2.24, 2.45) is 0 Å². The van der Waals surface area contributed by atoms with Crippen molar-refractivity contribution >= 4 is 17.4 Å². The number of ketones is 1. The fraction of sp³-hybridized carbons (Fsp3) is 0.158. The van der Waals surface area contributed by atoms with E-state index in [1.54, 1.807) is 54.6 Å². The summed E-state index contributed by atoms with van der Waals surface area (Å²) in [6.45, 7) is 0. The molecular weight excluding hydrogens is 345 g/mol. The maximum atomic E-state index is 12.5. The van der Waals surface area contributed by atoms with Gasteiger partial charge < -0.3 is 10.6 Å². The summed E-state index contributed by atoms with van der Waals surface area (Å²) in [6.07, 6.45) is -3.48. The molecule has 0 aliphatic heterocycles. The van der Waals surface area contributed by atoms with Crippen LogP contribution in [0, 0.1) is 0 Å². The van der Waals surface area contributed by atoms with Gasteiger partial charge in [0.05, 0.1) is 0 Å². The van der Waals surface area contributed by atoms with Gasteiger partial charge in [-0.25, -0.2) is 0 Å². The maximum Gasteiger partial charge on any atom is 0.454 e. The lowest BCUT2D eigenvalue weighted by molar-refractivity contribution is -0.165. The van der Waals surface area contributed by atoms with Gasteiger partial charge in [0.15, 0.2) is 0 Å². The van der Waals surface area contributed by atoms with Gasteiger partial charge in [-0.05, 0) is 17.7 Å². The molecule has 7 heteroatoms. The Labute approximate surface area is 148 Å². The first-order valence-electron chi connectivity index (χ1n) is 7.80. The molecule has 2 rings (SSSR count). The molecule has 1 amide bonds. The van der Waals surface area contributed by atoms with Crippen LogP contribution in [-0.4, -0.2) is 23.9 Å². The van der Waals surface area contributed by atoms with Gasteiger partial charge in [-0.3, -0.25) is 9.59 Å². The minimum absolute atomic E-state index is 0.240. The molecule has 2 aromatic rings.